The Balaban J connectivity index is 2.15. The summed E-state index contributed by atoms with van der Waals surface area (Å²) in [6.45, 7) is 10.2. The lowest BCUT2D eigenvalue weighted by Gasteiger charge is -2.37. The Labute approximate surface area is 118 Å². The Morgan fingerprint density at radius 2 is 1.95 bits per heavy atom. The van der Waals surface area contributed by atoms with Gasteiger partial charge in [-0.1, -0.05) is 20.8 Å². The molecule has 0 aromatic carbocycles. The predicted molar refractivity (Wildman–Crippen MR) is 80.1 cm³/mol. The zero-order valence-corrected chi connectivity index (χ0v) is 12.9. The normalized spacial score (nSPS) is 29.4. The van der Waals surface area contributed by atoms with E-state index in [1.807, 2.05) is 6.26 Å². The molecule has 0 radical (unpaired) electrons. The first-order valence-corrected chi connectivity index (χ1v) is 7.89. The van der Waals surface area contributed by atoms with Gasteiger partial charge in [-0.15, -0.1) is 0 Å². The van der Waals surface area contributed by atoms with Crippen molar-refractivity contribution in [3.63, 3.8) is 0 Å². The minimum Gasteiger partial charge on any atom is -0.469 e. The Hall–Kier alpha value is -0.760. The highest BCUT2D eigenvalue weighted by Crippen LogP contribution is 2.40. The molecule has 2 rings (SSSR count). The highest BCUT2D eigenvalue weighted by molar-refractivity contribution is 5.21. The van der Waals surface area contributed by atoms with Gasteiger partial charge in [-0.25, -0.2) is 0 Å². The van der Waals surface area contributed by atoms with E-state index >= 15 is 0 Å². The average Bonchev–Trinajstić information content (AvgIpc) is 2.75. The van der Waals surface area contributed by atoms with Crippen LogP contribution in [-0.2, 0) is 0 Å². The molecule has 2 nitrogen and oxygen atoms in total. The molecule has 3 atom stereocenters. The van der Waals surface area contributed by atoms with Gasteiger partial charge in [0.05, 0.1) is 6.26 Å². The van der Waals surface area contributed by atoms with Gasteiger partial charge in [-0.3, -0.25) is 0 Å². The highest BCUT2D eigenvalue weighted by Gasteiger charge is 2.31. The van der Waals surface area contributed by atoms with Gasteiger partial charge in [0.1, 0.15) is 5.76 Å². The summed E-state index contributed by atoms with van der Waals surface area (Å²) >= 11 is 0. The molecular formula is C17H29NO. The molecular weight excluding hydrogens is 234 g/mol. The summed E-state index contributed by atoms with van der Waals surface area (Å²) in [5, 5.41) is 3.76. The highest BCUT2D eigenvalue weighted by atomic mass is 16.3. The summed E-state index contributed by atoms with van der Waals surface area (Å²) in [5.41, 5.74) is 1.37. The van der Waals surface area contributed by atoms with Crippen molar-refractivity contribution in [1.29, 1.82) is 0 Å². The quantitative estimate of drug-likeness (QED) is 0.833. The summed E-state index contributed by atoms with van der Waals surface area (Å²) in [4.78, 5) is 0. The van der Waals surface area contributed by atoms with Crippen molar-refractivity contribution >= 4 is 0 Å². The molecule has 1 aromatic rings. The standard InChI is InChI=1S/C17H29NO/c1-5-7-18-17(16-6-8-19-14(16)4)15-10-12(2)9-13(3)11-15/h6,8,12-13,15,17-18H,5,7,9-11H2,1-4H3. The second kappa shape index (κ2) is 6.60. The van der Waals surface area contributed by atoms with Crippen LogP contribution in [-0.4, -0.2) is 6.54 Å². The summed E-state index contributed by atoms with van der Waals surface area (Å²) in [6, 6.07) is 2.64. The molecule has 19 heavy (non-hydrogen) atoms. The van der Waals surface area contributed by atoms with Crippen molar-refractivity contribution in [2.24, 2.45) is 17.8 Å². The topological polar surface area (TPSA) is 25.2 Å². The zero-order chi connectivity index (χ0) is 13.8. The maximum absolute atomic E-state index is 5.53. The van der Waals surface area contributed by atoms with E-state index in [4.69, 9.17) is 4.42 Å². The smallest absolute Gasteiger partial charge is 0.105 e. The molecule has 1 heterocycles. The number of nitrogens with one attached hydrogen (secondary N) is 1. The second-order valence-corrected chi connectivity index (χ2v) is 6.54. The second-order valence-electron chi connectivity index (χ2n) is 6.54. The zero-order valence-electron chi connectivity index (χ0n) is 12.9. The fourth-order valence-corrected chi connectivity index (χ4v) is 3.83. The van der Waals surface area contributed by atoms with E-state index in [0.29, 0.717) is 6.04 Å². The van der Waals surface area contributed by atoms with Crippen molar-refractivity contribution in [3.8, 4) is 0 Å². The van der Waals surface area contributed by atoms with Gasteiger partial charge in [0, 0.05) is 11.6 Å². The summed E-state index contributed by atoms with van der Waals surface area (Å²) < 4.78 is 5.53. The van der Waals surface area contributed by atoms with Crippen molar-refractivity contribution in [3.05, 3.63) is 23.7 Å². The van der Waals surface area contributed by atoms with Crippen LogP contribution < -0.4 is 5.32 Å². The molecule has 1 N–H and O–H groups in total. The van der Waals surface area contributed by atoms with Crippen LogP contribution in [0.25, 0.3) is 0 Å². The van der Waals surface area contributed by atoms with Crippen LogP contribution in [0.15, 0.2) is 16.7 Å². The van der Waals surface area contributed by atoms with Crippen LogP contribution in [0.1, 0.15) is 63.8 Å². The van der Waals surface area contributed by atoms with E-state index in [0.717, 1.165) is 30.1 Å². The maximum Gasteiger partial charge on any atom is 0.105 e. The van der Waals surface area contributed by atoms with Crippen molar-refractivity contribution in [2.45, 2.75) is 59.4 Å². The fraction of sp³-hybridized carbons (Fsp3) is 0.765. The molecule has 1 aromatic heterocycles. The fourth-order valence-electron chi connectivity index (χ4n) is 3.83. The van der Waals surface area contributed by atoms with E-state index in [9.17, 15) is 0 Å². The van der Waals surface area contributed by atoms with Crippen molar-refractivity contribution < 1.29 is 4.42 Å². The van der Waals surface area contributed by atoms with Crippen LogP contribution in [0, 0.1) is 24.7 Å². The van der Waals surface area contributed by atoms with E-state index in [1.165, 1.54) is 31.2 Å². The average molecular weight is 263 g/mol. The Bertz CT molecular complexity index is 374. The molecule has 0 amide bonds. The van der Waals surface area contributed by atoms with Gasteiger partial charge >= 0.3 is 0 Å². The molecule has 1 aliphatic rings. The number of hydrogen-bond donors (Lipinski definition) is 1. The Morgan fingerprint density at radius 1 is 1.26 bits per heavy atom. The SMILES string of the molecule is CCCNC(c1ccoc1C)C1CC(C)CC(C)C1. The third kappa shape index (κ3) is 3.62. The Kier molecular flexibility index (Phi) is 5.09. The van der Waals surface area contributed by atoms with Crippen LogP contribution in [0.4, 0.5) is 0 Å². The minimum atomic E-state index is 0.476. The molecule has 108 valence electrons. The summed E-state index contributed by atoms with van der Waals surface area (Å²) in [7, 11) is 0. The minimum absolute atomic E-state index is 0.476. The van der Waals surface area contributed by atoms with Gasteiger partial charge in [0.2, 0.25) is 0 Å². The van der Waals surface area contributed by atoms with Gasteiger partial charge < -0.3 is 9.73 Å². The van der Waals surface area contributed by atoms with Crippen molar-refractivity contribution in [2.75, 3.05) is 6.54 Å². The molecule has 2 heteroatoms. The maximum atomic E-state index is 5.53. The van der Waals surface area contributed by atoms with Crippen molar-refractivity contribution in [1.82, 2.24) is 5.32 Å². The molecule has 1 saturated carbocycles. The predicted octanol–water partition coefficient (Wildman–Crippen LogP) is 4.70. The first-order chi connectivity index (χ1) is 9.11. The number of rotatable bonds is 5. The first kappa shape index (κ1) is 14.6. The van der Waals surface area contributed by atoms with E-state index < -0.39 is 0 Å². The number of hydrogen-bond acceptors (Lipinski definition) is 2. The third-order valence-corrected chi connectivity index (χ3v) is 4.53. The monoisotopic (exact) mass is 263 g/mol. The number of aryl methyl sites for hydroxylation is 1. The van der Waals surface area contributed by atoms with Crippen LogP contribution in [0.3, 0.4) is 0 Å². The number of furan rings is 1. The largest absolute Gasteiger partial charge is 0.469 e. The molecule has 0 bridgehead atoms. The van der Waals surface area contributed by atoms with E-state index in [-0.39, 0.29) is 0 Å². The van der Waals surface area contributed by atoms with Gasteiger partial charge in [-0.2, -0.15) is 0 Å². The van der Waals surface area contributed by atoms with Gasteiger partial charge in [-0.05, 0) is 63.0 Å². The van der Waals surface area contributed by atoms with Crippen LogP contribution in [0.2, 0.25) is 0 Å². The summed E-state index contributed by atoms with van der Waals surface area (Å²) in [6.07, 6.45) is 7.10. The molecule has 0 aliphatic heterocycles. The third-order valence-electron chi connectivity index (χ3n) is 4.53. The van der Waals surface area contributed by atoms with E-state index in [2.05, 4.69) is 39.1 Å². The lowest BCUT2D eigenvalue weighted by Crippen LogP contribution is -2.33. The van der Waals surface area contributed by atoms with Gasteiger partial charge in [0.25, 0.3) is 0 Å². The van der Waals surface area contributed by atoms with Crippen LogP contribution >= 0.6 is 0 Å². The van der Waals surface area contributed by atoms with Crippen LogP contribution in [0.5, 0.6) is 0 Å². The summed E-state index contributed by atoms with van der Waals surface area (Å²) in [5.74, 6) is 3.54. The molecule has 1 aliphatic carbocycles. The molecule has 1 fully saturated rings. The van der Waals surface area contributed by atoms with E-state index in [1.54, 1.807) is 0 Å². The first-order valence-electron chi connectivity index (χ1n) is 7.89. The Morgan fingerprint density at radius 3 is 2.47 bits per heavy atom. The lowest BCUT2D eigenvalue weighted by molar-refractivity contribution is 0.175. The van der Waals surface area contributed by atoms with Gasteiger partial charge in [0.15, 0.2) is 0 Å². The molecule has 0 spiro atoms. The molecule has 0 saturated heterocycles. The molecule has 3 unspecified atom stereocenters. The lowest BCUT2D eigenvalue weighted by atomic mass is 9.72.